The number of ketones is 1. The maximum atomic E-state index is 11.3. The highest BCUT2D eigenvalue weighted by Gasteiger charge is 2.19. The molecule has 0 N–H and O–H groups in total. The molecular weight excluding hydrogens is 196 g/mol. The van der Waals surface area contributed by atoms with Crippen LogP contribution in [-0.4, -0.2) is 18.9 Å². The molecule has 0 bridgehead atoms. The van der Waals surface area contributed by atoms with Crippen molar-refractivity contribution in [3.05, 3.63) is 29.7 Å². The Balaban J connectivity index is 3.16. The Bertz CT molecular complexity index is 401. The lowest BCUT2D eigenvalue weighted by molar-refractivity contribution is 0.0599. The zero-order valence-electron chi connectivity index (χ0n) is 8.70. The van der Waals surface area contributed by atoms with E-state index in [9.17, 15) is 9.59 Å². The lowest BCUT2D eigenvalue weighted by Crippen LogP contribution is -2.01. The van der Waals surface area contributed by atoms with E-state index >= 15 is 0 Å². The second-order valence-electron chi connectivity index (χ2n) is 2.86. The van der Waals surface area contributed by atoms with Crippen LogP contribution in [0, 0.1) is 0 Å². The van der Waals surface area contributed by atoms with E-state index < -0.39 is 5.97 Å². The minimum Gasteiger partial charge on any atom is -0.465 e. The summed E-state index contributed by atoms with van der Waals surface area (Å²) in [6.07, 6.45) is 1.70. The molecule has 0 unspecified atom stereocenters. The third-order valence-electron chi connectivity index (χ3n) is 1.95. The monoisotopic (exact) mass is 208 g/mol. The second kappa shape index (κ2) is 4.59. The minimum absolute atomic E-state index is 0.159. The Labute approximate surface area is 87.5 Å². The predicted octanol–water partition coefficient (Wildman–Crippen LogP) is 2.30. The van der Waals surface area contributed by atoms with Crippen molar-refractivity contribution in [1.82, 2.24) is 0 Å². The second-order valence-corrected chi connectivity index (χ2v) is 2.86. The summed E-state index contributed by atoms with van der Waals surface area (Å²) < 4.78 is 9.72. The highest BCUT2D eigenvalue weighted by Crippen LogP contribution is 2.18. The van der Waals surface area contributed by atoms with Gasteiger partial charge in [0.15, 0.2) is 11.5 Å². The fourth-order valence-electron chi connectivity index (χ4n) is 1.14. The van der Waals surface area contributed by atoms with E-state index in [4.69, 9.17) is 4.42 Å². The lowest BCUT2D eigenvalue weighted by Gasteiger charge is -1.94. The Morgan fingerprint density at radius 2 is 2.27 bits per heavy atom. The van der Waals surface area contributed by atoms with E-state index in [1.165, 1.54) is 19.3 Å². The summed E-state index contributed by atoms with van der Waals surface area (Å²) in [4.78, 5) is 22.6. The van der Waals surface area contributed by atoms with Crippen LogP contribution in [0.3, 0.4) is 0 Å². The van der Waals surface area contributed by atoms with Crippen LogP contribution in [-0.2, 0) is 4.74 Å². The van der Waals surface area contributed by atoms with E-state index in [1.807, 2.05) is 0 Å². The molecule has 0 saturated carbocycles. The standard InChI is InChI=1S/C11H12O4/c1-4-8(12)10-6-7(11(13)14-3)9(5-2)15-10/h5-6H,2,4H2,1,3H3. The van der Waals surface area contributed by atoms with Crippen molar-refractivity contribution in [2.45, 2.75) is 13.3 Å². The number of rotatable bonds is 4. The van der Waals surface area contributed by atoms with Crippen LogP contribution in [0.2, 0.25) is 0 Å². The number of Topliss-reactive ketones (excluding diaryl/α,β-unsaturated/α-hetero) is 1. The van der Waals surface area contributed by atoms with Crippen molar-refractivity contribution in [3.8, 4) is 0 Å². The molecule has 80 valence electrons. The first kappa shape index (κ1) is 11.2. The largest absolute Gasteiger partial charge is 0.465 e. The van der Waals surface area contributed by atoms with Crippen molar-refractivity contribution in [2.24, 2.45) is 0 Å². The van der Waals surface area contributed by atoms with Crippen LogP contribution in [0.5, 0.6) is 0 Å². The Morgan fingerprint density at radius 1 is 1.60 bits per heavy atom. The van der Waals surface area contributed by atoms with Gasteiger partial charge in [0.05, 0.1) is 7.11 Å². The molecule has 4 nitrogen and oxygen atoms in total. The molecule has 15 heavy (non-hydrogen) atoms. The van der Waals surface area contributed by atoms with Crippen molar-refractivity contribution >= 4 is 17.8 Å². The number of hydrogen-bond acceptors (Lipinski definition) is 4. The summed E-state index contributed by atoms with van der Waals surface area (Å²) in [5.74, 6) is -0.275. The van der Waals surface area contributed by atoms with Crippen molar-refractivity contribution < 1.29 is 18.7 Å². The van der Waals surface area contributed by atoms with Gasteiger partial charge in [0, 0.05) is 12.5 Å². The predicted molar refractivity (Wildman–Crippen MR) is 54.8 cm³/mol. The summed E-state index contributed by atoms with van der Waals surface area (Å²) in [6, 6.07) is 1.38. The molecule has 4 heteroatoms. The Morgan fingerprint density at radius 3 is 2.73 bits per heavy atom. The van der Waals surface area contributed by atoms with Gasteiger partial charge >= 0.3 is 5.97 Å². The van der Waals surface area contributed by atoms with Gasteiger partial charge in [-0.25, -0.2) is 4.79 Å². The molecule has 1 rings (SSSR count). The van der Waals surface area contributed by atoms with Gasteiger partial charge in [-0.3, -0.25) is 4.79 Å². The summed E-state index contributed by atoms with van der Waals surface area (Å²) in [6.45, 7) is 5.21. The van der Waals surface area contributed by atoms with Crippen molar-refractivity contribution in [3.63, 3.8) is 0 Å². The summed E-state index contributed by atoms with van der Waals surface area (Å²) >= 11 is 0. The van der Waals surface area contributed by atoms with Crippen molar-refractivity contribution in [2.75, 3.05) is 7.11 Å². The van der Waals surface area contributed by atoms with Crippen LogP contribution >= 0.6 is 0 Å². The molecule has 0 radical (unpaired) electrons. The van der Waals surface area contributed by atoms with E-state index in [0.717, 1.165) is 0 Å². The third-order valence-corrected chi connectivity index (χ3v) is 1.95. The number of methoxy groups -OCH3 is 1. The first-order valence-electron chi connectivity index (χ1n) is 4.51. The van der Waals surface area contributed by atoms with Crippen molar-refractivity contribution in [1.29, 1.82) is 0 Å². The van der Waals surface area contributed by atoms with E-state index in [1.54, 1.807) is 6.92 Å². The molecule has 0 amide bonds. The Hall–Kier alpha value is -1.84. The average molecular weight is 208 g/mol. The fraction of sp³-hybridized carbons (Fsp3) is 0.273. The number of hydrogen-bond donors (Lipinski definition) is 0. The van der Waals surface area contributed by atoms with Gasteiger partial charge in [0.1, 0.15) is 11.3 Å². The summed E-state index contributed by atoms with van der Waals surface area (Å²) in [5, 5.41) is 0. The highest BCUT2D eigenvalue weighted by atomic mass is 16.5. The normalized spacial score (nSPS) is 9.73. The molecule has 1 heterocycles. The zero-order chi connectivity index (χ0) is 11.4. The van der Waals surface area contributed by atoms with E-state index in [2.05, 4.69) is 11.3 Å². The molecular formula is C11H12O4. The number of carbonyl (C=O) groups excluding carboxylic acids is 2. The average Bonchev–Trinajstić information content (AvgIpc) is 2.70. The fourth-order valence-corrected chi connectivity index (χ4v) is 1.14. The molecule has 0 spiro atoms. The molecule has 0 aliphatic rings. The maximum absolute atomic E-state index is 11.3. The van der Waals surface area contributed by atoms with Crippen LogP contribution in [0.25, 0.3) is 6.08 Å². The molecule has 0 saturated heterocycles. The molecule has 1 aromatic heterocycles. The zero-order valence-corrected chi connectivity index (χ0v) is 8.70. The third kappa shape index (κ3) is 2.15. The highest BCUT2D eigenvalue weighted by molar-refractivity contribution is 5.99. The molecule has 0 atom stereocenters. The van der Waals surface area contributed by atoms with Gasteiger partial charge in [-0.1, -0.05) is 13.5 Å². The quantitative estimate of drug-likeness (QED) is 0.562. The molecule has 1 aromatic rings. The van der Waals surface area contributed by atoms with Gasteiger partial charge in [0.2, 0.25) is 0 Å². The number of furan rings is 1. The molecule has 0 aromatic carbocycles. The van der Waals surface area contributed by atoms with Gasteiger partial charge in [0.25, 0.3) is 0 Å². The van der Waals surface area contributed by atoms with Crippen LogP contribution < -0.4 is 0 Å². The SMILES string of the molecule is C=Cc1oc(C(=O)CC)cc1C(=O)OC. The smallest absolute Gasteiger partial charge is 0.341 e. The maximum Gasteiger partial charge on any atom is 0.341 e. The number of ether oxygens (including phenoxy) is 1. The molecule has 0 fully saturated rings. The molecule has 0 aliphatic carbocycles. The number of carbonyl (C=O) groups is 2. The van der Waals surface area contributed by atoms with Crippen LogP contribution in [0.4, 0.5) is 0 Å². The van der Waals surface area contributed by atoms with Gasteiger partial charge < -0.3 is 9.15 Å². The van der Waals surface area contributed by atoms with Gasteiger partial charge in [-0.2, -0.15) is 0 Å². The first-order chi connectivity index (χ1) is 7.13. The summed E-state index contributed by atoms with van der Waals surface area (Å²) in [5.41, 5.74) is 0.226. The topological polar surface area (TPSA) is 56.5 Å². The first-order valence-corrected chi connectivity index (χ1v) is 4.51. The Kier molecular flexibility index (Phi) is 3.44. The van der Waals surface area contributed by atoms with Gasteiger partial charge in [-0.15, -0.1) is 0 Å². The van der Waals surface area contributed by atoms with Crippen LogP contribution in [0.1, 0.15) is 40.0 Å². The molecule has 0 aliphatic heterocycles. The lowest BCUT2D eigenvalue weighted by atomic mass is 10.2. The van der Waals surface area contributed by atoms with Gasteiger partial charge in [-0.05, 0) is 6.08 Å². The van der Waals surface area contributed by atoms with E-state index in [0.29, 0.717) is 6.42 Å². The number of esters is 1. The van der Waals surface area contributed by atoms with E-state index in [-0.39, 0.29) is 22.9 Å². The minimum atomic E-state index is -0.538. The summed E-state index contributed by atoms with van der Waals surface area (Å²) in [7, 11) is 1.27. The van der Waals surface area contributed by atoms with Crippen LogP contribution in [0.15, 0.2) is 17.1 Å².